The molecule has 3 heteroatoms. The highest BCUT2D eigenvalue weighted by Gasteiger charge is 2.08. The fourth-order valence-corrected chi connectivity index (χ4v) is 1.92. The second-order valence-corrected chi connectivity index (χ2v) is 4.55. The third kappa shape index (κ3) is 2.44. The van der Waals surface area contributed by atoms with Gasteiger partial charge in [0.05, 0.1) is 5.52 Å². The van der Waals surface area contributed by atoms with Gasteiger partial charge >= 0.3 is 0 Å². The molecule has 2 rings (SSSR count). The van der Waals surface area contributed by atoms with E-state index in [9.17, 15) is 4.39 Å². The van der Waals surface area contributed by atoms with Gasteiger partial charge in [-0.25, -0.2) is 4.39 Å². The minimum Gasteiger partial charge on any atom is -0.316 e. The van der Waals surface area contributed by atoms with Gasteiger partial charge in [0.2, 0.25) is 0 Å². The van der Waals surface area contributed by atoms with Crippen molar-refractivity contribution in [1.29, 1.82) is 0 Å². The number of rotatable bonds is 3. The first-order chi connectivity index (χ1) is 8.11. The molecule has 0 unspecified atom stereocenters. The molecule has 2 aromatic rings. The molecular formula is C14H17FN2. The van der Waals surface area contributed by atoms with Gasteiger partial charge in [0.1, 0.15) is 5.82 Å². The number of hydrogen-bond donors (Lipinski definition) is 1. The second kappa shape index (κ2) is 4.80. The highest BCUT2D eigenvalue weighted by Crippen LogP contribution is 2.23. The monoisotopic (exact) mass is 232 g/mol. The summed E-state index contributed by atoms with van der Waals surface area (Å²) in [4.78, 5) is 4.56. The summed E-state index contributed by atoms with van der Waals surface area (Å²) in [5.41, 5.74) is 3.01. The second-order valence-electron chi connectivity index (χ2n) is 4.55. The number of nitrogens with one attached hydrogen (secondary N) is 1. The number of pyridine rings is 1. The van der Waals surface area contributed by atoms with Gasteiger partial charge in [-0.1, -0.05) is 13.8 Å². The van der Waals surface area contributed by atoms with Gasteiger partial charge in [0.25, 0.3) is 0 Å². The number of fused-ring (bicyclic) bond motifs is 1. The zero-order valence-electron chi connectivity index (χ0n) is 10.4. The van der Waals surface area contributed by atoms with E-state index in [4.69, 9.17) is 0 Å². The SMILES string of the molecule is CNCc1cc(C(C)C)nc2ccc(F)cc12. The summed E-state index contributed by atoms with van der Waals surface area (Å²) in [6.45, 7) is 4.95. The Kier molecular flexibility index (Phi) is 3.38. The molecule has 17 heavy (non-hydrogen) atoms. The molecule has 0 amide bonds. The molecule has 0 atom stereocenters. The standard InChI is InChI=1S/C14H17FN2/c1-9(2)14-6-10(8-16-3)12-7-11(15)4-5-13(12)17-14/h4-7,9,16H,8H2,1-3H3. The molecule has 0 aliphatic heterocycles. The van der Waals surface area contributed by atoms with Crippen LogP contribution in [0.4, 0.5) is 4.39 Å². The molecule has 1 aromatic heterocycles. The topological polar surface area (TPSA) is 24.9 Å². The summed E-state index contributed by atoms with van der Waals surface area (Å²) in [6.07, 6.45) is 0. The van der Waals surface area contributed by atoms with Crippen LogP contribution in [-0.4, -0.2) is 12.0 Å². The van der Waals surface area contributed by atoms with Gasteiger partial charge in [-0.05, 0) is 42.8 Å². The van der Waals surface area contributed by atoms with Crippen LogP contribution < -0.4 is 5.32 Å². The lowest BCUT2D eigenvalue weighted by Crippen LogP contribution is -2.07. The molecule has 0 fully saturated rings. The predicted octanol–water partition coefficient (Wildman–Crippen LogP) is 3.22. The Labute approximate surface area is 101 Å². The van der Waals surface area contributed by atoms with Crippen molar-refractivity contribution in [3.63, 3.8) is 0 Å². The summed E-state index contributed by atoms with van der Waals surface area (Å²) >= 11 is 0. The Morgan fingerprint density at radius 2 is 2.06 bits per heavy atom. The summed E-state index contributed by atoms with van der Waals surface area (Å²) in [7, 11) is 1.89. The number of nitrogens with zero attached hydrogens (tertiary/aromatic N) is 1. The van der Waals surface area contributed by atoms with Crippen molar-refractivity contribution in [1.82, 2.24) is 10.3 Å². The van der Waals surface area contributed by atoms with Gasteiger partial charge < -0.3 is 5.32 Å². The normalized spacial score (nSPS) is 11.4. The van der Waals surface area contributed by atoms with Crippen molar-refractivity contribution in [3.8, 4) is 0 Å². The average Bonchev–Trinajstić information content (AvgIpc) is 2.29. The van der Waals surface area contributed by atoms with Crippen LogP contribution in [0.3, 0.4) is 0 Å². The first-order valence-corrected chi connectivity index (χ1v) is 5.85. The molecule has 1 heterocycles. The molecule has 1 aromatic carbocycles. The van der Waals surface area contributed by atoms with Crippen LogP contribution in [0.2, 0.25) is 0 Å². The quantitative estimate of drug-likeness (QED) is 0.879. The van der Waals surface area contributed by atoms with E-state index < -0.39 is 0 Å². The lowest BCUT2D eigenvalue weighted by atomic mass is 10.0. The van der Waals surface area contributed by atoms with Crippen molar-refractivity contribution >= 4 is 10.9 Å². The average molecular weight is 232 g/mol. The van der Waals surface area contributed by atoms with Crippen LogP contribution in [0.1, 0.15) is 31.0 Å². The molecular weight excluding hydrogens is 215 g/mol. The largest absolute Gasteiger partial charge is 0.316 e. The Balaban J connectivity index is 2.67. The minimum atomic E-state index is -0.214. The maximum atomic E-state index is 13.3. The van der Waals surface area contributed by atoms with Crippen LogP contribution in [-0.2, 0) is 6.54 Å². The van der Waals surface area contributed by atoms with Gasteiger partial charge in [-0.3, -0.25) is 4.98 Å². The molecule has 0 aliphatic carbocycles. The van der Waals surface area contributed by atoms with E-state index in [1.54, 1.807) is 12.1 Å². The van der Waals surface area contributed by atoms with Gasteiger partial charge in [0.15, 0.2) is 0 Å². The van der Waals surface area contributed by atoms with Crippen molar-refractivity contribution in [3.05, 3.63) is 41.3 Å². The molecule has 0 aliphatic rings. The summed E-state index contributed by atoms with van der Waals surface area (Å²) < 4.78 is 13.3. The van der Waals surface area contributed by atoms with Crippen molar-refractivity contribution in [2.45, 2.75) is 26.3 Å². The fraction of sp³-hybridized carbons (Fsp3) is 0.357. The lowest BCUT2D eigenvalue weighted by molar-refractivity contribution is 0.629. The molecule has 0 radical (unpaired) electrons. The van der Waals surface area contributed by atoms with Crippen LogP contribution in [0.25, 0.3) is 10.9 Å². The zero-order chi connectivity index (χ0) is 12.4. The van der Waals surface area contributed by atoms with Crippen molar-refractivity contribution < 1.29 is 4.39 Å². The van der Waals surface area contributed by atoms with E-state index in [1.807, 2.05) is 7.05 Å². The molecule has 2 nitrogen and oxygen atoms in total. The Hall–Kier alpha value is -1.48. The van der Waals surface area contributed by atoms with E-state index in [0.717, 1.165) is 28.7 Å². The predicted molar refractivity (Wildman–Crippen MR) is 68.6 cm³/mol. The zero-order valence-corrected chi connectivity index (χ0v) is 10.4. The molecule has 0 saturated heterocycles. The Bertz CT molecular complexity index is 535. The van der Waals surface area contributed by atoms with E-state index >= 15 is 0 Å². The first-order valence-electron chi connectivity index (χ1n) is 5.85. The molecule has 0 spiro atoms. The number of benzene rings is 1. The third-order valence-corrected chi connectivity index (χ3v) is 2.83. The summed E-state index contributed by atoms with van der Waals surface area (Å²) in [5, 5.41) is 4.00. The van der Waals surface area contributed by atoms with Gasteiger partial charge in [-0.2, -0.15) is 0 Å². The Morgan fingerprint density at radius 3 is 2.71 bits per heavy atom. The maximum absolute atomic E-state index is 13.3. The van der Waals surface area contributed by atoms with Crippen LogP contribution >= 0.6 is 0 Å². The maximum Gasteiger partial charge on any atom is 0.123 e. The van der Waals surface area contributed by atoms with Gasteiger partial charge in [-0.15, -0.1) is 0 Å². The van der Waals surface area contributed by atoms with E-state index in [0.29, 0.717) is 5.92 Å². The molecule has 0 saturated carbocycles. The van der Waals surface area contributed by atoms with Crippen molar-refractivity contribution in [2.75, 3.05) is 7.05 Å². The summed E-state index contributed by atoms with van der Waals surface area (Å²) in [6, 6.07) is 6.82. The van der Waals surface area contributed by atoms with Crippen molar-refractivity contribution in [2.24, 2.45) is 0 Å². The summed E-state index contributed by atoms with van der Waals surface area (Å²) in [5.74, 6) is 0.161. The molecule has 1 N–H and O–H groups in total. The van der Waals surface area contributed by atoms with E-state index in [1.165, 1.54) is 6.07 Å². The smallest absolute Gasteiger partial charge is 0.123 e. The fourth-order valence-electron chi connectivity index (χ4n) is 1.92. The first kappa shape index (κ1) is 12.0. The number of halogens is 1. The van der Waals surface area contributed by atoms with Gasteiger partial charge in [0, 0.05) is 17.6 Å². The molecule has 0 bridgehead atoms. The van der Waals surface area contributed by atoms with E-state index in [-0.39, 0.29) is 5.82 Å². The molecule has 90 valence electrons. The minimum absolute atomic E-state index is 0.214. The highest BCUT2D eigenvalue weighted by atomic mass is 19.1. The highest BCUT2D eigenvalue weighted by molar-refractivity contribution is 5.82. The van der Waals surface area contributed by atoms with Crippen LogP contribution in [0.15, 0.2) is 24.3 Å². The Morgan fingerprint density at radius 1 is 1.29 bits per heavy atom. The van der Waals surface area contributed by atoms with Crippen LogP contribution in [0.5, 0.6) is 0 Å². The lowest BCUT2D eigenvalue weighted by Gasteiger charge is -2.11. The number of hydrogen-bond acceptors (Lipinski definition) is 2. The van der Waals surface area contributed by atoms with Crippen LogP contribution in [0, 0.1) is 5.82 Å². The van der Waals surface area contributed by atoms with E-state index in [2.05, 4.69) is 30.2 Å². The third-order valence-electron chi connectivity index (χ3n) is 2.83. The number of aromatic nitrogens is 1.